The van der Waals surface area contributed by atoms with Crippen LogP contribution in [0.25, 0.3) is 0 Å². The molecule has 0 bridgehead atoms. The van der Waals surface area contributed by atoms with Crippen LogP contribution in [0, 0.1) is 0 Å². The number of hydrogen-bond donors (Lipinski definition) is 1. The fourth-order valence-electron chi connectivity index (χ4n) is 1.25. The Balaban J connectivity index is 2.60. The van der Waals surface area contributed by atoms with E-state index >= 15 is 0 Å². The Hall–Kier alpha value is -0.670. The highest BCUT2D eigenvalue weighted by Gasteiger charge is 2.11. The summed E-state index contributed by atoms with van der Waals surface area (Å²) in [6, 6.07) is 7.51. The molecule has 1 unspecified atom stereocenters. The van der Waals surface area contributed by atoms with Crippen LogP contribution in [0.1, 0.15) is 18.9 Å². The summed E-state index contributed by atoms with van der Waals surface area (Å²) in [6.45, 7) is 1.84. The number of Topliss-reactive ketones (excluding diaryl/α,β-unsaturated/α-hetero) is 1. The van der Waals surface area contributed by atoms with Crippen LogP contribution >= 0.6 is 15.9 Å². The highest BCUT2D eigenvalue weighted by Crippen LogP contribution is 2.11. The molecule has 1 rings (SSSR count). The molecule has 1 aromatic rings. The van der Waals surface area contributed by atoms with Crippen molar-refractivity contribution in [1.29, 1.82) is 0 Å². The van der Waals surface area contributed by atoms with Crippen molar-refractivity contribution in [3.8, 4) is 0 Å². The molecular formula is C11H14BrNO. The van der Waals surface area contributed by atoms with E-state index in [1.165, 1.54) is 0 Å². The first-order chi connectivity index (χ1) is 6.63. The number of halogens is 1. The van der Waals surface area contributed by atoms with E-state index in [-0.39, 0.29) is 11.8 Å². The molecule has 0 saturated heterocycles. The number of benzene rings is 1. The molecule has 1 atom stereocenters. The van der Waals surface area contributed by atoms with E-state index < -0.39 is 0 Å². The third-order valence-corrected chi connectivity index (χ3v) is 2.66. The zero-order valence-electron chi connectivity index (χ0n) is 8.16. The van der Waals surface area contributed by atoms with Crippen molar-refractivity contribution in [1.82, 2.24) is 0 Å². The lowest BCUT2D eigenvalue weighted by molar-refractivity contribution is -0.119. The minimum atomic E-state index is -0.360. The fraction of sp³-hybridized carbons (Fsp3) is 0.364. The molecule has 14 heavy (non-hydrogen) atoms. The molecule has 0 aliphatic rings. The summed E-state index contributed by atoms with van der Waals surface area (Å²) in [5.41, 5.74) is 6.84. The maximum Gasteiger partial charge on any atom is 0.149 e. The molecule has 2 nitrogen and oxygen atoms in total. The Morgan fingerprint density at radius 3 is 2.50 bits per heavy atom. The second kappa shape index (κ2) is 5.27. The lowest BCUT2D eigenvalue weighted by Gasteiger charge is -2.08. The van der Waals surface area contributed by atoms with Crippen LogP contribution in [-0.2, 0) is 11.2 Å². The average Bonchev–Trinajstić information content (AvgIpc) is 2.20. The Morgan fingerprint density at radius 1 is 1.43 bits per heavy atom. The van der Waals surface area contributed by atoms with Gasteiger partial charge in [0.25, 0.3) is 0 Å². The fourth-order valence-corrected chi connectivity index (χ4v) is 1.51. The van der Waals surface area contributed by atoms with Crippen LogP contribution in [0.4, 0.5) is 0 Å². The predicted octanol–water partition coefficient (Wildman–Crippen LogP) is 2.30. The number of carbonyl (C=O) groups is 1. The Bertz CT molecular complexity index is 308. The van der Waals surface area contributed by atoms with Crippen LogP contribution in [0.2, 0.25) is 0 Å². The number of carbonyl (C=O) groups excluding carboxylic acids is 1. The number of nitrogens with two attached hydrogens (primary N) is 1. The largest absolute Gasteiger partial charge is 0.321 e. The van der Waals surface area contributed by atoms with E-state index in [0.29, 0.717) is 12.8 Å². The van der Waals surface area contributed by atoms with E-state index in [2.05, 4.69) is 15.9 Å². The van der Waals surface area contributed by atoms with Gasteiger partial charge >= 0.3 is 0 Å². The molecule has 0 fully saturated rings. The lowest BCUT2D eigenvalue weighted by atomic mass is 10.0. The average molecular weight is 256 g/mol. The third kappa shape index (κ3) is 3.24. The van der Waals surface area contributed by atoms with Crippen LogP contribution in [0.15, 0.2) is 28.7 Å². The molecule has 3 heteroatoms. The van der Waals surface area contributed by atoms with Crippen LogP contribution < -0.4 is 5.73 Å². The molecule has 76 valence electrons. The molecule has 1 aromatic carbocycles. The quantitative estimate of drug-likeness (QED) is 0.898. The SMILES string of the molecule is CCC(=O)C(N)Cc1ccc(Br)cc1. The van der Waals surface area contributed by atoms with Gasteiger partial charge in [-0.3, -0.25) is 4.79 Å². The zero-order valence-corrected chi connectivity index (χ0v) is 9.75. The van der Waals surface area contributed by atoms with Gasteiger partial charge in [-0.25, -0.2) is 0 Å². The normalized spacial score (nSPS) is 12.5. The van der Waals surface area contributed by atoms with E-state index in [1.54, 1.807) is 0 Å². The van der Waals surface area contributed by atoms with Crippen molar-refractivity contribution >= 4 is 21.7 Å². The molecule has 0 amide bonds. The van der Waals surface area contributed by atoms with E-state index in [9.17, 15) is 4.79 Å². The Labute approximate surface area is 92.6 Å². The molecule has 0 aromatic heterocycles. The standard InChI is InChI=1S/C11H14BrNO/c1-2-11(14)10(13)7-8-3-5-9(12)6-4-8/h3-6,10H,2,7,13H2,1H3. The predicted molar refractivity (Wildman–Crippen MR) is 61.1 cm³/mol. The van der Waals surface area contributed by atoms with Gasteiger partial charge in [0.1, 0.15) is 5.78 Å². The van der Waals surface area contributed by atoms with E-state index in [0.717, 1.165) is 10.0 Å². The van der Waals surface area contributed by atoms with Gasteiger partial charge in [-0.1, -0.05) is 35.0 Å². The first-order valence-electron chi connectivity index (χ1n) is 4.66. The smallest absolute Gasteiger partial charge is 0.149 e. The van der Waals surface area contributed by atoms with Crippen LogP contribution in [0.3, 0.4) is 0 Å². The lowest BCUT2D eigenvalue weighted by Crippen LogP contribution is -2.32. The second-order valence-electron chi connectivity index (χ2n) is 3.26. The first-order valence-corrected chi connectivity index (χ1v) is 5.45. The number of hydrogen-bond acceptors (Lipinski definition) is 2. The molecule has 0 radical (unpaired) electrons. The highest BCUT2D eigenvalue weighted by molar-refractivity contribution is 9.10. The molecule has 0 aliphatic carbocycles. The van der Waals surface area contributed by atoms with Crippen molar-refractivity contribution in [3.63, 3.8) is 0 Å². The zero-order chi connectivity index (χ0) is 10.6. The summed E-state index contributed by atoms with van der Waals surface area (Å²) in [4.78, 5) is 11.2. The summed E-state index contributed by atoms with van der Waals surface area (Å²) in [7, 11) is 0. The van der Waals surface area contributed by atoms with Gasteiger partial charge in [-0.15, -0.1) is 0 Å². The van der Waals surface area contributed by atoms with Gasteiger partial charge in [-0.05, 0) is 24.1 Å². The van der Waals surface area contributed by atoms with Crippen molar-refractivity contribution < 1.29 is 4.79 Å². The maximum atomic E-state index is 11.2. The monoisotopic (exact) mass is 255 g/mol. The summed E-state index contributed by atoms with van der Waals surface area (Å²) in [5, 5.41) is 0. The maximum absolute atomic E-state index is 11.2. The van der Waals surface area contributed by atoms with E-state index in [4.69, 9.17) is 5.73 Å². The van der Waals surface area contributed by atoms with Gasteiger partial charge in [0, 0.05) is 10.9 Å². The van der Waals surface area contributed by atoms with Gasteiger partial charge in [0.2, 0.25) is 0 Å². The molecule has 0 saturated carbocycles. The third-order valence-electron chi connectivity index (χ3n) is 2.13. The van der Waals surface area contributed by atoms with Gasteiger partial charge in [-0.2, -0.15) is 0 Å². The van der Waals surface area contributed by atoms with Gasteiger partial charge < -0.3 is 5.73 Å². The Morgan fingerprint density at radius 2 is 2.00 bits per heavy atom. The van der Waals surface area contributed by atoms with Crippen molar-refractivity contribution in [2.24, 2.45) is 5.73 Å². The summed E-state index contributed by atoms with van der Waals surface area (Å²) >= 11 is 3.36. The Kier molecular flexibility index (Phi) is 4.29. The minimum Gasteiger partial charge on any atom is -0.321 e. The molecular weight excluding hydrogens is 242 g/mol. The van der Waals surface area contributed by atoms with Crippen LogP contribution in [0.5, 0.6) is 0 Å². The van der Waals surface area contributed by atoms with Gasteiger partial charge in [0.05, 0.1) is 6.04 Å². The molecule has 0 aliphatic heterocycles. The summed E-state index contributed by atoms with van der Waals surface area (Å²) < 4.78 is 1.04. The molecule has 2 N–H and O–H groups in total. The van der Waals surface area contributed by atoms with Crippen molar-refractivity contribution in [2.75, 3.05) is 0 Å². The van der Waals surface area contributed by atoms with Gasteiger partial charge in [0.15, 0.2) is 0 Å². The highest BCUT2D eigenvalue weighted by atomic mass is 79.9. The number of ketones is 1. The first kappa shape index (κ1) is 11.4. The molecule has 0 heterocycles. The van der Waals surface area contributed by atoms with E-state index in [1.807, 2.05) is 31.2 Å². The van der Waals surface area contributed by atoms with Crippen LogP contribution in [-0.4, -0.2) is 11.8 Å². The van der Waals surface area contributed by atoms with Crippen molar-refractivity contribution in [3.05, 3.63) is 34.3 Å². The summed E-state index contributed by atoms with van der Waals surface area (Å²) in [5.74, 6) is 0.118. The topological polar surface area (TPSA) is 43.1 Å². The van der Waals surface area contributed by atoms with Crippen molar-refractivity contribution in [2.45, 2.75) is 25.8 Å². The molecule has 0 spiro atoms. The second-order valence-corrected chi connectivity index (χ2v) is 4.17. The number of rotatable bonds is 4. The summed E-state index contributed by atoms with van der Waals surface area (Å²) in [6.07, 6.45) is 1.14. The minimum absolute atomic E-state index is 0.118.